The third-order valence-electron chi connectivity index (χ3n) is 3.40. The van der Waals surface area contributed by atoms with Crippen molar-refractivity contribution in [3.63, 3.8) is 0 Å². The van der Waals surface area contributed by atoms with E-state index in [-0.39, 0.29) is 12.2 Å². The summed E-state index contributed by atoms with van der Waals surface area (Å²) in [6.45, 7) is 1.74. The molecule has 3 heteroatoms. The number of rotatable bonds is 2. The molecule has 1 aliphatic rings. The van der Waals surface area contributed by atoms with Gasteiger partial charge in [-0.1, -0.05) is 58.4 Å². The number of ether oxygens (including phenoxy) is 1. The summed E-state index contributed by atoms with van der Waals surface area (Å²) in [6, 6.07) is 18.7. The average molecular weight is 318 g/mol. The number of benzene rings is 2. The molecule has 0 bridgehead atoms. The quantitative estimate of drug-likeness (QED) is 0.908. The minimum absolute atomic E-state index is 0.118. The van der Waals surface area contributed by atoms with E-state index >= 15 is 0 Å². The van der Waals surface area contributed by atoms with Crippen molar-refractivity contribution in [2.24, 2.45) is 0 Å². The molecular weight excluding hydrogens is 302 g/mol. The second-order valence-electron chi connectivity index (χ2n) is 4.73. The van der Waals surface area contributed by atoms with Crippen molar-refractivity contribution in [1.29, 1.82) is 0 Å². The van der Waals surface area contributed by atoms with Crippen molar-refractivity contribution in [1.82, 2.24) is 5.32 Å². The first kappa shape index (κ1) is 12.9. The minimum atomic E-state index is 0.118. The highest BCUT2D eigenvalue weighted by Crippen LogP contribution is 2.29. The third kappa shape index (κ3) is 3.06. The molecular formula is C16H16BrNO. The summed E-state index contributed by atoms with van der Waals surface area (Å²) < 4.78 is 7.32. The highest BCUT2D eigenvalue weighted by atomic mass is 79.9. The van der Waals surface area contributed by atoms with Gasteiger partial charge in [0.15, 0.2) is 0 Å². The number of halogens is 1. The van der Waals surface area contributed by atoms with E-state index in [1.54, 1.807) is 0 Å². The largest absolute Gasteiger partial charge is 0.363 e. The van der Waals surface area contributed by atoms with E-state index in [1.807, 2.05) is 6.07 Å². The number of morpholine rings is 1. The first-order valence-corrected chi connectivity index (χ1v) is 7.29. The van der Waals surface area contributed by atoms with Crippen LogP contribution < -0.4 is 5.32 Å². The Hall–Kier alpha value is -1.16. The van der Waals surface area contributed by atoms with E-state index in [4.69, 9.17) is 4.74 Å². The predicted octanol–water partition coefficient (Wildman–Crippen LogP) is 3.85. The van der Waals surface area contributed by atoms with Crippen LogP contribution in [0.15, 0.2) is 59.1 Å². The van der Waals surface area contributed by atoms with Crippen molar-refractivity contribution in [3.8, 4) is 0 Å². The van der Waals surface area contributed by atoms with Crippen LogP contribution in [0.2, 0.25) is 0 Å². The van der Waals surface area contributed by atoms with Gasteiger partial charge in [-0.2, -0.15) is 0 Å². The molecule has 0 amide bonds. The molecule has 98 valence electrons. The summed E-state index contributed by atoms with van der Waals surface area (Å²) in [5.41, 5.74) is 2.45. The predicted molar refractivity (Wildman–Crippen MR) is 80.0 cm³/mol. The Morgan fingerprint density at radius 2 is 1.42 bits per heavy atom. The smallest absolute Gasteiger partial charge is 0.0958 e. The summed E-state index contributed by atoms with van der Waals surface area (Å²) in [5, 5.41) is 3.46. The zero-order valence-corrected chi connectivity index (χ0v) is 12.1. The molecule has 2 nitrogen and oxygen atoms in total. The fraction of sp³-hybridized carbons (Fsp3) is 0.250. The van der Waals surface area contributed by atoms with Gasteiger partial charge in [0, 0.05) is 17.6 Å². The molecule has 2 aromatic rings. The van der Waals surface area contributed by atoms with Crippen LogP contribution >= 0.6 is 15.9 Å². The van der Waals surface area contributed by atoms with Gasteiger partial charge in [-0.05, 0) is 23.3 Å². The van der Waals surface area contributed by atoms with Gasteiger partial charge in [-0.3, -0.25) is 0 Å². The lowest BCUT2D eigenvalue weighted by atomic mass is 10.0. The van der Waals surface area contributed by atoms with Crippen molar-refractivity contribution < 1.29 is 4.74 Å². The molecule has 2 atom stereocenters. The molecule has 0 spiro atoms. The fourth-order valence-corrected chi connectivity index (χ4v) is 2.64. The van der Waals surface area contributed by atoms with Crippen molar-refractivity contribution in [3.05, 3.63) is 70.2 Å². The lowest BCUT2D eigenvalue weighted by Crippen LogP contribution is -2.35. The van der Waals surface area contributed by atoms with Crippen LogP contribution in [0.3, 0.4) is 0 Å². The van der Waals surface area contributed by atoms with E-state index in [9.17, 15) is 0 Å². The Labute approximate surface area is 121 Å². The first-order valence-electron chi connectivity index (χ1n) is 6.49. The van der Waals surface area contributed by atoms with Crippen molar-refractivity contribution in [2.45, 2.75) is 12.2 Å². The Balaban J connectivity index is 1.76. The van der Waals surface area contributed by atoms with Crippen LogP contribution in [0.25, 0.3) is 0 Å². The van der Waals surface area contributed by atoms with Gasteiger partial charge in [-0.25, -0.2) is 0 Å². The minimum Gasteiger partial charge on any atom is -0.363 e. The van der Waals surface area contributed by atoms with E-state index in [0.717, 1.165) is 17.6 Å². The standard InChI is InChI=1S/C16H16BrNO/c17-14-8-6-13(7-9-14)16-11-18-10-15(19-16)12-4-2-1-3-5-12/h1-9,15-16,18H,10-11H2. The Morgan fingerprint density at radius 3 is 2.05 bits per heavy atom. The molecule has 0 aliphatic carbocycles. The summed E-state index contributed by atoms with van der Waals surface area (Å²) in [5.74, 6) is 0. The summed E-state index contributed by atoms with van der Waals surface area (Å²) in [4.78, 5) is 0. The van der Waals surface area contributed by atoms with Gasteiger partial charge < -0.3 is 10.1 Å². The molecule has 1 aliphatic heterocycles. The summed E-state index contributed by atoms with van der Waals surface area (Å²) >= 11 is 3.46. The second-order valence-corrected chi connectivity index (χ2v) is 5.65. The number of hydrogen-bond acceptors (Lipinski definition) is 2. The lowest BCUT2D eigenvalue weighted by Gasteiger charge is -2.31. The van der Waals surface area contributed by atoms with E-state index in [1.165, 1.54) is 11.1 Å². The topological polar surface area (TPSA) is 21.3 Å². The van der Waals surface area contributed by atoms with Gasteiger partial charge in [0.05, 0.1) is 12.2 Å². The van der Waals surface area contributed by atoms with Gasteiger partial charge in [0.2, 0.25) is 0 Å². The second kappa shape index (κ2) is 5.87. The van der Waals surface area contributed by atoms with E-state index in [2.05, 4.69) is 69.8 Å². The molecule has 19 heavy (non-hydrogen) atoms. The highest BCUT2D eigenvalue weighted by molar-refractivity contribution is 9.10. The summed E-state index contributed by atoms with van der Waals surface area (Å²) in [6.07, 6.45) is 0.246. The molecule has 1 N–H and O–H groups in total. The third-order valence-corrected chi connectivity index (χ3v) is 3.93. The fourth-order valence-electron chi connectivity index (χ4n) is 2.38. The maximum Gasteiger partial charge on any atom is 0.0958 e. The SMILES string of the molecule is Brc1ccc(C2CNCC(c3ccccc3)O2)cc1. The lowest BCUT2D eigenvalue weighted by molar-refractivity contribution is -0.0406. The molecule has 0 radical (unpaired) electrons. The average Bonchev–Trinajstić information content (AvgIpc) is 2.49. The van der Waals surface area contributed by atoms with Gasteiger partial charge >= 0.3 is 0 Å². The summed E-state index contributed by atoms with van der Waals surface area (Å²) in [7, 11) is 0. The van der Waals surface area contributed by atoms with Gasteiger partial charge in [0.1, 0.15) is 0 Å². The van der Waals surface area contributed by atoms with E-state index in [0.29, 0.717) is 0 Å². The van der Waals surface area contributed by atoms with Gasteiger partial charge in [0.25, 0.3) is 0 Å². The molecule has 1 fully saturated rings. The maximum absolute atomic E-state index is 6.22. The van der Waals surface area contributed by atoms with Crippen LogP contribution in [0.1, 0.15) is 23.3 Å². The number of nitrogens with one attached hydrogen (secondary N) is 1. The van der Waals surface area contributed by atoms with Gasteiger partial charge in [-0.15, -0.1) is 0 Å². The monoisotopic (exact) mass is 317 g/mol. The molecule has 0 aromatic heterocycles. The van der Waals surface area contributed by atoms with Crippen LogP contribution in [-0.4, -0.2) is 13.1 Å². The van der Waals surface area contributed by atoms with Crippen molar-refractivity contribution >= 4 is 15.9 Å². The van der Waals surface area contributed by atoms with Crippen molar-refractivity contribution in [2.75, 3.05) is 13.1 Å². The normalized spacial score (nSPS) is 23.2. The molecule has 0 saturated carbocycles. The zero-order valence-electron chi connectivity index (χ0n) is 10.6. The number of hydrogen-bond donors (Lipinski definition) is 1. The Morgan fingerprint density at radius 1 is 0.842 bits per heavy atom. The molecule has 1 saturated heterocycles. The first-order chi connectivity index (χ1) is 9.33. The van der Waals surface area contributed by atoms with E-state index < -0.39 is 0 Å². The maximum atomic E-state index is 6.22. The molecule has 1 heterocycles. The molecule has 3 rings (SSSR count). The molecule has 2 unspecified atom stereocenters. The van der Waals surface area contributed by atoms with Crippen LogP contribution in [0.5, 0.6) is 0 Å². The highest BCUT2D eigenvalue weighted by Gasteiger charge is 2.24. The van der Waals surface area contributed by atoms with Crippen LogP contribution in [0, 0.1) is 0 Å². The molecule has 2 aromatic carbocycles. The van der Waals surface area contributed by atoms with Crippen LogP contribution in [-0.2, 0) is 4.74 Å². The zero-order chi connectivity index (χ0) is 13.1. The van der Waals surface area contributed by atoms with Crippen LogP contribution in [0.4, 0.5) is 0 Å². The Kier molecular flexibility index (Phi) is 3.97. The Bertz CT molecular complexity index is 526.